The second-order valence-corrected chi connectivity index (χ2v) is 10.4. The third-order valence-electron chi connectivity index (χ3n) is 7.46. The van der Waals surface area contributed by atoms with Gasteiger partial charge in [-0.15, -0.1) is 0 Å². The summed E-state index contributed by atoms with van der Waals surface area (Å²) in [6.45, 7) is 7.34. The summed E-state index contributed by atoms with van der Waals surface area (Å²) in [5.41, 5.74) is 4.77. The van der Waals surface area contributed by atoms with Gasteiger partial charge < -0.3 is 9.88 Å². The average molecular weight is 415 g/mol. The Morgan fingerprint density at radius 2 is 2.00 bits per heavy atom. The topological polar surface area (TPSA) is 17.0 Å². The molecule has 140 valence electrons. The van der Waals surface area contributed by atoms with E-state index in [0.29, 0.717) is 18.1 Å². The quantitative estimate of drug-likeness (QED) is 0.602. The summed E-state index contributed by atoms with van der Waals surface area (Å²) in [6, 6.07) is 8.93. The maximum absolute atomic E-state index is 3.89. The van der Waals surface area contributed by atoms with Crippen LogP contribution in [0, 0.1) is 17.8 Å². The molecule has 3 heterocycles. The minimum Gasteiger partial charge on any atom is -0.341 e. The maximum atomic E-state index is 3.89. The van der Waals surface area contributed by atoms with Crippen molar-refractivity contribution in [2.45, 2.75) is 77.4 Å². The molecule has 3 aliphatic rings. The second-order valence-electron chi connectivity index (χ2n) is 9.48. The number of nitrogens with one attached hydrogen (secondary N) is 1. The van der Waals surface area contributed by atoms with Gasteiger partial charge in [0.05, 0.1) is 0 Å². The van der Waals surface area contributed by atoms with Crippen molar-refractivity contribution in [3.05, 3.63) is 33.9 Å². The third kappa shape index (κ3) is 2.61. The van der Waals surface area contributed by atoms with Crippen LogP contribution in [0.25, 0.3) is 10.9 Å². The standard InChI is InChI=1S/C23H31BrN2/c1-13(2)17-7-4-14(3)10-21(17)26-20-9-5-15(24)11-18(20)23-19-8-6-16(25-19)12-22(23)26/h5,9,11,13-14,16-17,19,21,25H,4,6-8,10,12H2,1-3H3/t14-,16?,17+,19?,21-/m1/s1. The largest absolute Gasteiger partial charge is 0.341 e. The van der Waals surface area contributed by atoms with Crippen LogP contribution in [0.5, 0.6) is 0 Å². The van der Waals surface area contributed by atoms with Crippen LogP contribution in [-0.2, 0) is 6.42 Å². The lowest BCUT2D eigenvalue weighted by molar-refractivity contribution is 0.150. The molecule has 2 aliphatic heterocycles. The zero-order valence-corrected chi connectivity index (χ0v) is 17.8. The molecular weight excluding hydrogens is 384 g/mol. The summed E-state index contributed by atoms with van der Waals surface area (Å²) in [5, 5.41) is 5.38. The number of rotatable bonds is 2. The van der Waals surface area contributed by atoms with Crippen LogP contribution in [0.4, 0.5) is 0 Å². The van der Waals surface area contributed by atoms with Gasteiger partial charge in [-0.25, -0.2) is 0 Å². The average Bonchev–Trinajstić information content (AvgIpc) is 3.13. The van der Waals surface area contributed by atoms with Crippen molar-refractivity contribution in [1.82, 2.24) is 9.88 Å². The molecule has 0 spiro atoms. The molecule has 1 saturated carbocycles. The Labute approximate surface area is 165 Å². The zero-order valence-electron chi connectivity index (χ0n) is 16.3. The molecule has 1 aromatic heterocycles. The molecule has 2 aromatic rings. The number of benzene rings is 1. The first kappa shape index (κ1) is 17.3. The number of hydrogen-bond acceptors (Lipinski definition) is 1. The lowest BCUT2D eigenvalue weighted by Crippen LogP contribution is -2.35. The Morgan fingerprint density at radius 1 is 1.15 bits per heavy atom. The molecule has 1 aromatic carbocycles. The fraction of sp³-hybridized carbons (Fsp3) is 0.652. The number of aromatic nitrogens is 1. The van der Waals surface area contributed by atoms with Gasteiger partial charge in [0, 0.05) is 45.6 Å². The van der Waals surface area contributed by atoms with E-state index in [1.165, 1.54) is 53.9 Å². The van der Waals surface area contributed by atoms with Gasteiger partial charge in [0.25, 0.3) is 0 Å². The minimum absolute atomic E-state index is 0.570. The molecule has 26 heavy (non-hydrogen) atoms. The van der Waals surface area contributed by atoms with Gasteiger partial charge in [-0.2, -0.15) is 0 Å². The van der Waals surface area contributed by atoms with E-state index < -0.39 is 0 Å². The monoisotopic (exact) mass is 414 g/mol. The van der Waals surface area contributed by atoms with E-state index in [1.807, 2.05) is 0 Å². The van der Waals surface area contributed by atoms with Crippen LogP contribution in [0.1, 0.15) is 76.2 Å². The van der Waals surface area contributed by atoms with Crippen molar-refractivity contribution in [3.8, 4) is 0 Å². The molecular formula is C23H31BrN2. The molecule has 2 nitrogen and oxygen atoms in total. The van der Waals surface area contributed by atoms with Crippen molar-refractivity contribution in [2.75, 3.05) is 0 Å². The fourth-order valence-electron chi connectivity index (χ4n) is 6.23. The van der Waals surface area contributed by atoms with Crippen LogP contribution in [-0.4, -0.2) is 10.6 Å². The van der Waals surface area contributed by atoms with Gasteiger partial charge >= 0.3 is 0 Å². The van der Waals surface area contributed by atoms with Crippen molar-refractivity contribution >= 4 is 26.8 Å². The lowest BCUT2D eigenvalue weighted by atomic mass is 9.73. The summed E-state index contributed by atoms with van der Waals surface area (Å²) in [7, 11) is 0. The van der Waals surface area contributed by atoms with Crippen molar-refractivity contribution in [1.29, 1.82) is 0 Å². The third-order valence-corrected chi connectivity index (χ3v) is 7.95. The first-order chi connectivity index (χ1) is 12.5. The smallest absolute Gasteiger partial charge is 0.0489 e. The summed E-state index contributed by atoms with van der Waals surface area (Å²) in [6.07, 6.45) is 7.99. The molecule has 2 fully saturated rings. The first-order valence-electron chi connectivity index (χ1n) is 10.6. The van der Waals surface area contributed by atoms with Crippen molar-refractivity contribution < 1.29 is 0 Å². The highest BCUT2D eigenvalue weighted by Crippen LogP contribution is 2.48. The van der Waals surface area contributed by atoms with Crippen LogP contribution in [0.3, 0.4) is 0 Å². The predicted octanol–water partition coefficient (Wildman–Crippen LogP) is 6.39. The molecule has 1 aliphatic carbocycles. The van der Waals surface area contributed by atoms with E-state index in [-0.39, 0.29) is 0 Å². The summed E-state index contributed by atoms with van der Waals surface area (Å²) in [5.74, 6) is 2.41. The van der Waals surface area contributed by atoms with Crippen molar-refractivity contribution in [3.63, 3.8) is 0 Å². The molecule has 2 bridgehead atoms. The highest BCUT2D eigenvalue weighted by atomic mass is 79.9. The molecule has 5 rings (SSSR count). The van der Waals surface area contributed by atoms with Crippen LogP contribution in [0.2, 0.25) is 0 Å². The number of nitrogens with zero attached hydrogens (tertiary/aromatic N) is 1. The molecule has 1 saturated heterocycles. The SMILES string of the molecule is CC(C)[C@@H]1CC[C@@H](C)C[C@H]1n1c2c(c3cc(Br)ccc31)C1CCC(C2)N1. The van der Waals surface area contributed by atoms with Crippen LogP contribution in [0.15, 0.2) is 22.7 Å². The molecule has 2 unspecified atom stereocenters. The van der Waals surface area contributed by atoms with Crippen LogP contribution < -0.4 is 5.32 Å². The van der Waals surface area contributed by atoms with E-state index in [2.05, 4.69) is 64.8 Å². The van der Waals surface area contributed by atoms with Gasteiger partial charge in [0.1, 0.15) is 0 Å². The van der Waals surface area contributed by atoms with Crippen LogP contribution >= 0.6 is 15.9 Å². The van der Waals surface area contributed by atoms with Gasteiger partial charge in [-0.05, 0) is 67.2 Å². The van der Waals surface area contributed by atoms with E-state index >= 15 is 0 Å². The Kier molecular flexibility index (Phi) is 4.24. The zero-order chi connectivity index (χ0) is 18.0. The van der Waals surface area contributed by atoms with E-state index in [4.69, 9.17) is 0 Å². The molecule has 3 heteroatoms. The van der Waals surface area contributed by atoms with Gasteiger partial charge in [-0.1, -0.05) is 43.1 Å². The van der Waals surface area contributed by atoms with Gasteiger partial charge in [0.15, 0.2) is 0 Å². The van der Waals surface area contributed by atoms with Gasteiger partial charge in [0.2, 0.25) is 0 Å². The highest BCUT2D eigenvalue weighted by Gasteiger charge is 2.40. The number of fused-ring (bicyclic) bond motifs is 6. The Bertz CT molecular complexity index is 836. The van der Waals surface area contributed by atoms with E-state index in [1.54, 1.807) is 11.3 Å². The number of halogens is 1. The Hall–Kier alpha value is -0.800. The highest BCUT2D eigenvalue weighted by molar-refractivity contribution is 9.10. The Balaban J connectivity index is 1.73. The predicted molar refractivity (Wildman–Crippen MR) is 113 cm³/mol. The fourth-order valence-corrected chi connectivity index (χ4v) is 6.59. The lowest BCUT2D eigenvalue weighted by Gasteiger charge is -2.40. The normalized spacial score (nSPS) is 33.8. The minimum atomic E-state index is 0.570. The second kappa shape index (κ2) is 6.38. The molecule has 0 amide bonds. The number of hydrogen-bond donors (Lipinski definition) is 1. The Morgan fingerprint density at radius 3 is 2.81 bits per heavy atom. The maximum Gasteiger partial charge on any atom is 0.0489 e. The molecule has 1 N–H and O–H groups in total. The summed E-state index contributed by atoms with van der Waals surface area (Å²) < 4.78 is 4.03. The first-order valence-corrected chi connectivity index (χ1v) is 11.4. The van der Waals surface area contributed by atoms with E-state index in [0.717, 1.165) is 17.8 Å². The summed E-state index contributed by atoms with van der Waals surface area (Å²) in [4.78, 5) is 0. The van der Waals surface area contributed by atoms with E-state index in [9.17, 15) is 0 Å². The molecule has 0 radical (unpaired) electrons. The van der Waals surface area contributed by atoms with Crippen molar-refractivity contribution in [2.24, 2.45) is 17.8 Å². The summed E-state index contributed by atoms with van der Waals surface area (Å²) >= 11 is 3.73. The van der Waals surface area contributed by atoms with Gasteiger partial charge in [-0.3, -0.25) is 0 Å². The molecule has 5 atom stereocenters.